The molecule has 30 heavy (non-hydrogen) atoms. The van der Waals surface area contributed by atoms with Crippen molar-refractivity contribution in [2.24, 2.45) is 0 Å². The maximum absolute atomic E-state index is 12.9. The van der Waals surface area contributed by atoms with Crippen LogP contribution in [0.3, 0.4) is 0 Å². The van der Waals surface area contributed by atoms with Crippen LogP contribution >= 0.6 is 11.8 Å². The Labute approximate surface area is 178 Å². The summed E-state index contributed by atoms with van der Waals surface area (Å²) in [6.45, 7) is 2.14. The van der Waals surface area contributed by atoms with Crippen LogP contribution in [0.1, 0.15) is 30.9 Å². The molecule has 2 heterocycles. The average Bonchev–Trinajstić information content (AvgIpc) is 3.11. The lowest BCUT2D eigenvalue weighted by atomic mass is 10.0. The molecular formula is C22H24F2N2O3S. The first-order valence-corrected chi connectivity index (χ1v) is 11.0. The molecule has 0 saturated carbocycles. The molecule has 0 unspecified atom stereocenters. The molecule has 8 heteroatoms. The standard InChI is InChI=1S/C22H24F2N2O3S/c23-22(24)30-17-7-5-16(6-8-17)25-14-21(27)26-10-1-3-18(26)15-4-9-19-20(13-15)29-12-2-11-28-19/h4-9,13,18,22,25H,1-3,10-12,14H2/t18-/m0/s1. The number of rotatable bonds is 6. The van der Waals surface area contributed by atoms with Crippen molar-refractivity contribution in [3.63, 3.8) is 0 Å². The van der Waals surface area contributed by atoms with Crippen molar-refractivity contribution in [1.82, 2.24) is 4.90 Å². The van der Waals surface area contributed by atoms with Gasteiger partial charge in [-0.25, -0.2) is 0 Å². The fourth-order valence-corrected chi connectivity index (χ4v) is 4.33. The van der Waals surface area contributed by atoms with Gasteiger partial charge in [-0.1, -0.05) is 17.8 Å². The monoisotopic (exact) mass is 434 g/mol. The topological polar surface area (TPSA) is 50.8 Å². The van der Waals surface area contributed by atoms with Crippen molar-refractivity contribution in [2.45, 2.75) is 36.0 Å². The first-order valence-electron chi connectivity index (χ1n) is 10.1. The van der Waals surface area contributed by atoms with Crippen LogP contribution < -0.4 is 14.8 Å². The Bertz CT molecular complexity index is 879. The van der Waals surface area contributed by atoms with E-state index < -0.39 is 5.76 Å². The molecule has 1 amide bonds. The summed E-state index contributed by atoms with van der Waals surface area (Å²) in [6, 6.07) is 12.6. The van der Waals surface area contributed by atoms with Crippen LogP contribution in [0.25, 0.3) is 0 Å². The van der Waals surface area contributed by atoms with Crippen LogP contribution in [0.5, 0.6) is 11.5 Å². The Balaban J connectivity index is 1.38. The van der Waals surface area contributed by atoms with E-state index in [1.54, 1.807) is 24.3 Å². The van der Waals surface area contributed by atoms with Crippen LogP contribution in [0, 0.1) is 0 Å². The number of likely N-dealkylation sites (tertiary alicyclic amines) is 1. The maximum atomic E-state index is 12.9. The van der Waals surface area contributed by atoms with Crippen molar-refractivity contribution in [1.29, 1.82) is 0 Å². The Morgan fingerprint density at radius 2 is 1.87 bits per heavy atom. The van der Waals surface area contributed by atoms with E-state index in [1.165, 1.54) is 0 Å². The van der Waals surface area contributed by atoms with E-state index in [0.717, 1.165) is 42.0 Å². The molecule has 0 radical (unpaired) electrons. The van der Waals surface area contributed by atoms with Gasteiger partial charge in [0.05, 0.1) is 25.8 Å². The van der Waals surface area contributed by atoms with Gasteiger partial charge in [0.2, 0.25) is 5.91 Å². The summed E-state index contributed by atoms with van der Waals surface area (Å²) in [7, 11) is 0. The zero-order valence-corrected chi connectivity index (χ0v) is 17.3. The van der Waals surface area contributed by atoms with Crippen molar-refractivity contribution < 1.29 is 23.0 Å². The molecule has 1 N–H and O–H groups in total. The second kappa shape index (κ2) is 9.55. The van der Waals surface area contributed by atoms with Gasteiger partial charge in [-0.3, -0.25) is 4.79 Å². The molecule has 160 valence electrons. The van der Waals surface area contributed by atoms with E-state index in [-0.39, 0.29) is 18.5 Å². The lowest BCUT2D eigenvalue weighted by molar-refractivity contribution is -0.130. The molecule has 1 atom stereocenters. The number of anilines is 1. The van der Waals surface area contributed by atoms with Gasteiger partial charge < -0.3 is 19.7 Å². The van der Waals surface area contributed by atoms with Crippen LogP contribution in [0.15, 0.2) is 47.4 Å². The Morgan fingerprint density at radius 1 is 1.10 bits per heavy atom. The number of hydrogen-bond acceptors (Lipinski definition) is 5. The number of halogens is 2. The van der Waals surface area contributed by atoms with Crippen molar-refractivity contribution >= 4 is 23.4 Å². The average molecular weight is 435 g/mol. The third-order valence-corrected chi connectivity index (χ3v) is 5.98. The fraction of sp³-hybridized carbons (Fsp3) is 0.409. The highest BCUT2D eigenvalue weighted by atomic mass is 32.2. The van der Waals surface area contributed by atoms with Gasteiger partial charge >= 0.3 is 0 Å². The van der Waals surface area contributed by atoms with Gasteiger partial charge in [0, 0.05) is 23.5 Å². The molecule has 1 saturated heterocycles. The predicted molar refractivity (Wildman–Crippen MR) is 113 cm³/mol. The highest BCUT2D eigenvalue weighted by molar-refractivity contribution is 7.99. The Kier molecular flexibility index (Phi) is 6.62. The van der Waals surface area contributed by atoms with Gasteiger partial charge in [-0.15, -0.1) is 0 Å². The van der Waals surface area contributed by atoms with E-state index in [2.05, 4.69) is 5.32 Å². The van der Waals surface area contributed by atoms with Crippen molar-refractivity contribution in [2.75, 3.05) is 31.6 Å². The molecule has 2 aliphatic rings. The number of hydrogen-bond donors (Lipinski definition) is 1. The highest BCUT2D eigenvalue weighted by Crippen LogP contribution is 2.38. The molecule has 1 fully saturated rings. The molecule has 0 aliphatic carbocycles. The smallest absolute Gasteiger partial charge is 0.288 e. The summed E-state index contributed by atoms with van der Waals surface area (Å²) in [4.78, 5) is 15.3. The van der Waals surface area contributed by atoms with Crippen molar-refractivity contribution in [3.05, 3.63) is 48.0 Å². The summed E-state index contributed by atoms with van der Waals surface area (Å²) in [5.41, 5.74) is 1.78. The number of nitrogens with one attached hydrogen (secondary N) is 1. The summed E-state index contributed by atoms with van der Waals surface area (Å²) in [5.74, 6) is -0.940. The van der Waals surface area contributed by atoms with Gasteiger partial charge in [0.1, 0.15) is 0 Å². The highest BCUT2D eigenvalue weighted by Gasteiger charge is 2.30. The number of alkyl halides is 2. The number of thioether (sulfide) groups is 1. The number of benzene rings is 2. The van der Waals surface area contributed by atoms with Gasteiger partial charge in [0.25, 0.3) is 5.76 Å². The maximum Gasteiger partial charge on any atom is 0.288 e. The number of ether oxygens (including phenoxy) is 2. The first kappa shape index (κ1) is 20.8. The van der Waals surface area contributed by atoms with E-state index in [4.69, 9.17) is 9.47 Å². The van der Waals surface area contributed by atoms with E-state index in [0.29, 0.717) is 36.4 Å². The molecule has 2 aromatic rings. The van der Waals surface area contributed by atoms with Crippen molar-refractivity contribution in [3.8, 4) is 11.5 Å². The zero-order valence-electron chi connectivity index (χ0n) is 16.5. The summed E-state index contributed by atoms with van der Waals surface area (Å²) >= 11 is 0.505. The normalized spacial score (nSPS) is 18.4. The minimum absolute atomic E-state index is 0.00985. The van der Waals surface area contributed by atoms with Gasteiger partial charge in [-0.05, 0) is 54.8 Å². The molecule has 5 nitrogen and oxygen atoms in total. The fourth-order valence-electron chi connectivity index (χ4n) is 3.83. The van der Waals surface area contributed by atoms with Crippen LogP contribution in [-0.4, -0.2) is 42.9 Å². The molecule has 2 aliphatic heterocycles. The largest absolute Gasteiger partial charge is 0.490 e. The summed E-state index contributed by atoms with van der Waals surface area (Å²) in [6.07, 6.45) is 2.71. The van der Waals surface area contributed by atoms with Crippen LogP contribution in [-0.2, 0) is 4.79 Å². The quantitative estimate of drug-likeness (QED) is 0.653. The first-order chi connectivity index (χ1) is 14.6. The number of carbonyl (C=O) groups excluding carboxylic acids is 1. The zero-order chi connectivity index (χ0) is 20.9. The lowest BCUT2D eigenvalue weighted by Gasteiger charge is -2.26. The predicted octanol–water partition coefficient (Wildman–Crippen LogP) is 4.94. The van der Waals surface area contributed by atoms with Gasteiger partial charge in [0.15, 0.2) is 11.5 Å². The third kappa shape index (κ3) is 4.98. The van der Waals surface area contributed by atoms with E-state index >= 15 is 0 Å². The molecule has 0 aromatic heterocycles. The second-order valence-electron chi connectivity index (χ2n) is 7.26. The van der Waals surface area contributed by atoms with Gasteiger partial charge in [-0.2, -0.15) is 8.78 Å². The SMILES string of the molecule is O=C(CNc1ccc(SC(F)F)cc1)N1CCC[C@H]1c1ccc2c(c1)OCCCO2. The minimum atomic E-state index is -2.44. The lowest BCUT2D eigenvalue weighted by Crippen LogP contribution is -2.35. The second-order valence-corrected chi connectivity index (χ2v) is 8.32. The molecule has 0 bridgehead atoms. The van der Waals surface area contributed by atoms with E-state index in [9.17, 15) is 13.6 Å². The number of nitrogens with zero attached hydrogens (tertiary/aromatic N) is 1. The Hall–Kier alpha value is -2.48. The number of fused-ring (bicyclic) bond motifs is 1. The molecular weight excluding hydrogens is 410 g/mol. The van der Waals surface area contributed by atoms with Crippen LogP contribution in [0.4, 0.5) is 14.5 Å². The summed E-state index contributed by atoms with van der Waals surface area (Å²) < 4.78 is 36.3. The van der Waals surface area contributed by atoms with E-state index in [1.807, 2.05) is 23.1 Å². The minimum Gasteiger partial charge on any atom is -0.490 e. The number of carbonyl (C=O) groups is 1. The molecule has 0 spiro atoms. The molecule has 2 aromatic carbocycles. The molecule has 4 rings (SSSR count). The summed E-state index contributed by atoms with van der Waals surface area (Å²) in [5, 5.41) is 3.10. The third-order valence-electron chi connectivity index (χ3n) is 5.25. The van der Waals surface area contributed by atoms with Crippen LogP contribution in [0.2, 0.25) is 0 Å². The number of amides is 1. The Morgan fingerprint density at radius 3 is 2.63 bits per heavy atom.